The summed E-state index contributed by atoms with van der Waals surface area (Å²) in [7, 11) is 4.50. The normalized spacial score (nSPS) is 29.0. The summed E-state index contributed by atoms with van der Waals surface area (Å²) in [6.07, 6.45) is -3.24. The number of hydrogen-bond acceptors (Lipinski definition) is 7. The molecule has 0 saturated carbocycles. The van der Waals surface area contributed by atoms with Gasteiger partial charge in [0.15, 0.2) is 6.29 Å². The highest BCUT2D eigenvalue weighted by Gasteiger charge is 2.45. The van der Waals surface area contributed by atoms with Crippen molar-refractivity contribution < 1.29 is 28.8 Å². The Balaban J connectivity index is 1.96. The van der Waals surface area contributed by atoms with Crippen LogP contribution in [-0.2, 0) is 25.6 Å². The zero-order valence-electron chi connectivity index (χ0n) is 14.4. The number of benzene rings is 1. The highest BCUT2D eigenvalue weighted by molar-refractivity contribution is 5.26. The third kappa shape index (κ3) is 4.82. The van der Waals surface area contributed by atoms with E-state index in [0.29, 0.717) is 6.61 Å². The van der Waals surface area contributed by atoms with Crippen molar-refractivity contribution in [2.75, 3.05) is 27.9 Å². The van der Waals surface area contributed by atoms with Crippen LogP contribution in [0.15, 0.2) is 29.4 Å². The molecular weight excluding hydrogens is 330 g/mol. The SMILES string of the molecule is COc1ccc(COC[C@H]2OC(OC)[C@H](OC)[C@@H](N=[N+]=[N-])[C@@H]2O)cc1. The molecule has 1 N–H and O–H groups in total. The lowest BCUT2D eigenvalue weighted by Gasteiger charge is -2.41. The summed E-state index contributed by atoms with van der Waals surface area (Å²) in [4.78, 5) is 2.78. The molecule has 9 heteroatoms. The topological polar surface area (TPSA) is 115 Å². The van der Waals surface area contributed by atoms with Crippen LogP contribution in [0.3, 0.4) is 0 Å². The number of aliphatic hydroxyl groups is 1. The number of azide groups is 1. The van der Waals surface area contributed by atoms with E-state index in [2.05, 4.69) is 10.0 Å². The first kappa shape index (κ1) is 19.5. The van der Waals surface area contributed by atoms with Crippen LogP contribution in [0.2, 0.25) is 0 Å². The van der Waals surface area contributed by atoms with Crippen LogP contribution in [0.25, 0.3) is 10.4 Å². The smallest absolute Gasteiger partial charge is 0.184 e. The molecular formula is C16H23N3O6. The standard InChI is InChI=1S/C16H23N3O6/c1-21-11-6-4-10(5-7-11)8-24-9-12-14(20)13(18-19-17)15(22-2)16(23-3)25-12/h4-7,12-16,20H,8-9H2,1-3H3/t12-,13+,14-,15-,16?/m1/s1. The van der Waals surface area contributed by atoms with Crippen molar-refractivity contribution in [3.05, 3.63) is 40.3 Å². The van der Waals surface area contributed by atoms with Gasteiger partial charge in [-0.1, -0.05) is 17.2 Å². The Labute approximate surface area is 146 Å². The zero-order chi connectivity index (χ0) is 18.2. The zero-order valence-corrected chi connectivity index (χ0v) is 14.4. The van der Waals surface area contributed by atoms with Gasteiger partial charge in [0.25, 0.3) is 0 Å². The Bertz CT molecular complexity index is 578. The molecule has 0 radical (unpaired) electrons. The van der Waals surface area contributed by atoms with E-state index in [1.807, 2.05) is 24.3 Å². The molecule has 1 saturated heterocycles. The summed E-state index contributed by atoms with van der Waals surface area (Å²) < 4.78 is 26.9. The third-order valence-electron chi connectivity index (χ3n) is 4.04. The summed E-state index contributed by atoms with van der Waals surface area (Å²) in [5, 5.41) is 14.0. The first-order chi connectivity index (χ1) is 12.1. The van der Waals surface area contributed by atoms with Crippen molar-refractivity contribution in [2.24, 2.45) is 5.11 Å². The number of rotatable bonds is 8. The van der Waals surface area contributed by atoms with Gasteiger partial charge in [0.1, 0.15) is 18.0 Å². The van der Waals surface area contributed by atoms with E-state index in [0.717, 1.165) is 11.3 Å². The van der Waals surface area contributed by atoms with Crippen molar-refractivity contribution in [1.82, 2.24) is 0 Å². The molecule has 0 amide bonds. The fourth-order valence-electron chi connectivity index (χ4n) is 2.69. The Morgan fingerprint density at radius 2 is 1.92 bits per heavy atom. The van der Waals surface area contributed by atoms with Gasteiger partial charge in [-0.15, -0.1) is 0 Å². The van der Waals surface area contributed by atoms with Crippen LogP contribution in [-0.4, -0.2) is 63.7 Å². The number of aliphatic hydroxyl groups excluding tert-OH is 1. The molecule has 1 aromatic carbocycles. The number of hydrogen-bond donors (Lipinski definition) is 1. The van der Waals surface area contributed by atoms with Crippen LogP contribution in [0, 0.1) is 0 Å². The van der Waals surface area contributed by atoms with Crippen LogP contribution < -0.4 is 4.74 Å². The highest BCUT2D eigenvalue weighted by atomic mass is 16.7. The first-order valence-electron chi connectivity index (χ1n) is 7.78. The lowest BCUT2D eigenvalue weighted by atomic mass is 9.97. The number of methoxy groups -OCH3 is 3. The van der Waals surface area contributed by atoms with Gasteiger partial charge in [-0.2, -0.15) is 0 Å². The third-order valence-corrected chi connectivity index (χ3v) is 4.04. The van der Waals surface area contributed by atoms with E-state index in [4.69, 9.17) is 29.2 Å². The van der Waals surface area contributed by atoms with Gasteiger partial charge in [-0.05, 0) is 23.2 Å². The maximum absolute atomic E-state index is 10.4. The molecule has 0 bridgehead atoms. The molecule has 9 nitrogen and oxygen atoms in total. The van der Waals surface area contributed by atoms with Crippen LogP contribution in [0.1, 0.15) is 5.56 Å². The molecule has 1 aliphatic heterocycles. The molecule has 0 spiro atoms. The minimum Gasteiger partial charge on any atom is -0.497 e. The van der Waals surface area contributed by atoms with Gasteiger partial charge >= 0.3 is 0 Å². The van der Waals surface area contributed by atoms with Crippen molar-refractivity contribution in [1.29, 1.82) is 0 Å². The van der Waals surface area contributed by atoms with E-state index < -0.39 is 30.6 Å². The molecule has 0 aliphatic carbocycles. The van der Waals surface area contributed by atoms with Gasteiger partial charge in [0.05, 0.1) is 32.5 Å². The quantitative estimate of drug-likeness (QED) is 0.431. The molecule has 5 atom stereocenters. The summed E-state index contributed by atoms with van der Waals surface area (Å²) in [6.45, 7) is 0.453. The second-order valence-corrected chi connectivity index (χ2v) is 5.53. The van der Waals surface area contributed by atoms with Gasteiger partial charge < -0.3 is 28.8 Å². The first-order valence-corrected chi connectivity index (χ1v) is 7.78. The summed E-state index contributed by atoms with van der Waals surface area (Å²) in [5.74, 6) is 0.764. The summed E-state index contributed by atoms with van der Waals surface area (Å²) >= 11 is 0. The van der Waals surface area contributed by atoms with Gasteiger partial charge in [0.2, 0.25) is 0 Å². The Morgan fingerprint density at radius 1 is 1.20 bits per heavy atom. The van der Waals surface area contributed by atoms with Gasteiger partial charge in [-0.25, -0.2) is 0 Å². The van der Waals surface area contributed by atoms with E-state index in [-0.39, 0.29) is 6.61 Å². The Hall–Kier alpha value is -1.87. The van der Waals surface area contributed by atoms with Crippen molar-refractivity contribution in [3.8, 4) is 5.75 Å². The highest BCUT2D eigenvalue weighted by Crippen LogP contribution is 2.26. The van der Waals surface area contributed by atoms with E-state index in [9.17, 15) is 5.11 Å². The average Bonchev–Trinajstić information content (AvgIpc) is 2.65. The summed E-state index contributed by atoms with van der Waals surface area (Å²) in [5.41, 5.74) is 9.69. The average molecular weight is 353 g/mol. The fraction of sp³-hybridized carbons (Fsp3) is 0.625. The summed E-state index contributed by atoms with van der Waals surface area (Å²) in [6, 6.07) is 6.62. The molecule has 25 heavy (non-hydrogen) atoms. The molecule has 0 aromatic heterocycles. The van der Waals surface area contributed by atoms with Gasteiger partial charge in [-0.3, -0.25) is 0 Å². The van der Waals surface area contributed by atoms with E-state index in [1.165, 1.54) is 14.2 Å². The Kier molecular flexibility index (Phi) is 7.45. The van der Waals surface area contributed by atoms with Gasteiger partial charge in [0, 0.05) is 19.1 Å². The van der Waals surface area contributed by atoms with E-state index in [1.54, 1.807) is 7.11 Å². The Morgan fingerprint density at radius 3 is 2.48 bits per heavy atom. The minimum atomic E-state index is -1.07. The van der Waals surface area contributed by atoms with Crippen molar-refractivity contribution in [3.63, 3.8) is 0 Å². The fourth-order valence-corrected chi connectivity index (χ4v) is 2.69. The lowest BCUT2D eigenvalue weighted by Crippen LogP contribution is -2.58. The molecule has 1 aromatic rings. The molecule has 138 valence electrons. The predicted molar refractivity (Wildman–Crippen MR) is 88.1 cm³/mol. The van der Waals surface area contributed by atoms with Crippen molar-refractivity contribution in [2.45, 2.75) is 37.3 Å². The molecule has 1 fully saturated rings. The molecule has 1 aliphatic rings. The maximum Gasteiger partial charge on any atom is 0.184 e. The molecule has 1 unspecified atom stereocenters. The maximum atomic E-state index is 10.4. The largest absolute Gasteiger partial charge is 0.497 e. The second kappa shape index (κ2) is 9.57. The monoisotopic (exact) mass is 353 g/mol. The van der Waals surface area contributed by atoms with Crippen LogP contribution in [0.4, 0.5) is 0 Å². The number of ether oxygens (including phenoxy) is 5. The molecule has 2 rings (SSSR count). The minimum absolute atomic E-state index is 0.112. The van der Waals surface area contributed by atoms with Crippen LogP contribution in [0.5, 0.6) is 5.75 Å². The van der Waals surface area contributed by atoms with Crippen LogP contribution >= 0.6 is 0 Å². The molecule has 1 heterocycles. The van der Waals surface area contributed by atoms with Crippen molar-refractivity contribution >= 4 is 0 Å². The lowest BCUT2D eigenvalue weighted by molar-refractivity contribution is -0.275. The second-order valence-electron chi connectivity index (χ2n) is 5.53. The van der Waals surface area contributed by atoms with E-state index >= 15 is 0 Å². The number of nitrogens with zero attached hydrogens (tertiary/aromatic N) is 3. The predicted octanol–water partition coefficient (Wildman–Crippen LogP) is 1.64.